The molecule has 0 radical (unpaired) electrons. The molecule has 0 aliphatic rings. The number of carbonyl (C=O) groups is 1. The van der Waals surface area contributed by atoms with Crippen molar-refractivity contribution < 1.29 is 9.32 Å². The van der Waals surface area contributed by atoms with Gasteiger partial charge in [0.05, 0.1) is 34.6 Å². The summed E-state index contributed by atoms with van der Waals surface area (Å²) in [4.78, 5) is 24.1. The van der Waals surface area contributed by atoms with Crippen molar-refractivity contribution in [1.82, 2.24) is 20.4 Å². The molecule has 0 aliphatic carbocycles. The van der Waals surface area contributed by atoms with Gasteiger partial charge in [-0.3, -0.25) is 9.78 Å². The van der Waals surface area contributed by atoms with E-state index < -0.39 is 0 Å². The Morgan fingerprint density at radius 2 is 2.07 bits per heavy atom. The van der Waals surface area contributed by atoms with Crippen LogP contribution in [0.4, 0.5) is 0 Å². The molecule has 0 saturated heterocycles. The van der Waals surface area contributed by atoms with Gasteiger partial charge in [-0.25, -0.2) is 4.98 Å². The number of carbonyl (C=O) groups excluding carboxylic acids is 1. The van der Waals surface area contributed by atoms with Crippen LogP contribution in [0.25, 0.3) is 22.4 Å². The number of aromatic nitrogens is 3. The highest BCUT2D eigenvalue weighted by Gasteiger charge is 2.20. The van der Waals surface area contributed by atoms with E-state index in [0.29, 0.717) is 34.6 Å². The first-order chi connectivity index (χ1) is 13.0. The van der Waals surface area contributed by atoms with Gasteiger partial charge in [-0.1, -0.05) is 11.2 Å². The van der Waals surface area contributed by atoms with E-state index in [0.717, 1.165) is 16.1 Å². The molecular formula is C20H18N4O2S. The molecule has 0 saturated carbocycles. The topological polar surface area (TPSA) is 80.9 Å². The largest absolute Gasteiger partial charge is 0.346 e. The number of hydrogen-bond donors (Lipinski definition) is 1. The zero-order valence-corrected chi connectivity index (χ0v) is 16.1. The van der Waals surface area contributed by atoms with E-state index in [-0.39, 0.29) is 5.91 Å². The summed E-state index contributed by atoms with van der Waals surface area (Å²) >= 11 is 1.70. The van der Waals surface area contributed by atoms with E-state index in [9.17, 15) is 4.79 Å². The van der Waals surface area contributed by atoms with Crippen LogP contribution in [0.15, 0.2) is 41.1 Å². The molecule has 1 amide bonds. The molecule has 0 bridgehead atoms. The van der Waals surface area contributed by atoms with Crippen molar-refractivity contribution in [3.05, 3.63) is 63.2 Å². The number of fused-ring (bicyclic) bond motifs is 1. The lowest BCUT2D eigenvalue weighted by atomic mass is 10.1. The van der Waals surface area contributed by atoms with Crippen LogP contribution in [0.2, 0.25) is 0 Å². The third-order valence-electron chi connectivity index (χ3n) is 4.33. The second kappa shape index (κ2) is 6.92. The lowest BCUT2D eigenvalue weighted by molar-refractivity contribution is 0.0952. The Morgan fingerprint density at radius 3 is 2.78 bits per heavy atom. The summed E-state index contributed by atoms with van der Waals surface area (Å²) < 4.78 is 5.36. The summed E-state index contributed by atoms with van der Waals surface area (Å²) in [6.07, 6.45) is 1.70. The van der Waals surface area contributed by atoms with Gasteiger partial charge in [0, 0.05) is 21.5 Å². The van der Waals surface area contributed by atoms with Crippen LogP contribution in [0, 0.1) is 20.8 Å². The van der Waals surface area contributed by atoms with E-state index in [1.54, 1.807) is 17.5 Å². The summed E-state index contributed by atoms with van der Waals surface area (Å²) in [5, 5.41) is 7.56. The van der Waals surface area contributed by atoms with Crippen molar-refractivity contribution in [2.75, 3.05) is 0 Å². The van der Waals surface area contributed by atoms with Gasteiger partial charge in [-0.15, -0.1) is 11.3 Å². The smallest absolute Gasteiger partial charge is 0.259 e. The van der Waals surface area contributed by atoms with E-state index in [1.807, 2.05) is 38.1 Å². The molecule has 136 valence electrons. The highest BCUT2D eigenvalue weighted by molar-refractivity contribution is 7.12. The quantitative estimate of drug-likeness (QED) is 0.575. The Labute approximate surface area is 160 Å². The molecule has 0 fully saturated rings. The molecule has 4 aromatic rings. The SMILES string of the molecule is Cc1cc(-c2cc(C(=O)NCc3ccccn3)c3c(C)noc3n2)c(C)s1. The molecule has 6 nitrogen and oxygen atoms in total. The second-order valence-electron chi connectivity index (χ2n) is 6.33. The molecule has 7 heteroatoms. The lowest BCUT2D eigenvalue weighted by Crippen LogP contribution is -2.23. The highest BCUT2D eigenvalue weighted by Crippen LogP contribution is 2.32. The summed E-state index contributed by atoms with van der Waals surface area (Å²) in [5.74, 6) is -0.204. The number of nitrogens with one attached hydrogen (secondary N) is 1. The number of pyridine rings is 2. The van der Waals surface area contributed by atoms with Crippen LogP contribution in [0.1, 0.15) is 31.5 Å². The minimum atomic E-state index is -0.204. The molecule has 0 aliphatic heterocycles. The molecule has 27 heavy (non-hydrogen) atoms. The maximum Gasteiger partial charge on any atom is 0.259 e. The number of aryl methyl sites for hydroxylation is 3. The van der Waals surface area contributed by atoms with Crippen LogP contribution in [-0.4, -0.2) is 21.0 Å². The van der Waals surface area contributed by atoms with E-state index >= 15 is 0 Å². The number of rotatable bonds is 4. The highest BCUT2D eigenvalue weighted by atomic mass is 32.1. The van der Waals surface area contributed by atoms with Gasteiger partial charge in [0.1, 0.15) is 0 Å². The minimum Gasteiger partial charge on any atom is -0.346 e. The minimum absolute atomic E-state index is 0.204. The number of amides is 1. The molecule has 4 rings (SSSR count). The number of thiophene rings is 1. The van der Waals surface area contributed by atoms with Gasteiger partial charge < -0.3 is 9.84 Å². The van der Waals surface area contributed by atoms with Crippen molar-refractivity contribution in [2.24, 2.45) is 0 Å². The molecular weight excluding hydrogens is 360 g/mol. The maximum absolute atomic E-state index is 12.9. The fourth-order valence-corrected chi connectivity index (χ4v) is 4.00. The third-order valence-corrected chi connectivity index (χ3v) is 5.30. The van der Waals surface area contributed by atoms with Gasteiger partial charge in [-0.2, -0.15) is 0 Å². The average Bonchev–Trinajstić information content (AvgIpc) is 3.21. The maximum atomic E-state index is 12.9. The van der Waals surface area contributed by atoms with Gasteiger partial charge in [0.2, 0.25) is 0 Å². The zero-order chi connectivity index (χ0) is 19.0. The lowest BCUT2D eigenvalue weighted by Gasteiger charge is -2.08. The van der Waals surface area contributed by atoms with Crippen LogP contribution >= 0.6 is 11.3 Å². The Hall–Kier alpha value is -3.06. The van der Waals surface area contributed by atoms with Crippen LogP contribution in [0.5, 0.6) is 0 Å². The molecule has 4 aromatic heterocycles. The molecule has 1 N–H and O–H groups in total. The molecule has 0 aromatic carbocycles. The third kappa shape index (κ3) is 3.33. The van der Waals surface area contributed by atoms with Gasteiger partial charge in [-0.05, 0) is 45.0 Å². The van der Waals surface area contributed by atoms with Gasteiger partial charge >= 0.3 is 0 Å². The Bertz CT molecular complexity index is 1130. The Kier molecular flexibility index (Phi) is 4.45. The van der Waals surface area contributed by atoms with Gasteiger partial charge in [0.25, 0.3) is 11.6 Å². The van der Waals surface area contributed by atoms with Crippen molar-refractivity contribution in [1.29, 1.82) is 0 Å². The average molecular weight is 378 g/mol. The summed E-state index contributed by atoms with van der Waals surface area (Å²) in [6, 6.07) is 9.50. The van der Waals surface area contributed by atoms with E-state index in [2.05, 4.69) is 33.4 Å². The number of nitrogens with zero attached hydrogens (tertiary/aromatic N) is 3. The van der Waals surface area contributed by atoms with Crippen molar-refractivity contribution in [3.63, 3.8) is 0 Å². The first-order valence-electron chi connectivity index (χ1n) is 8.55. The fourth-order valence-electron chi connectivity index (χ4n) is 3.07. The fraction of sp³-hybridized carbons (Fsp3) is 0.200. The van der Waals surface area contributed by atoms with E-state index in [1.165, 1.54) is 4.88 Å². The summed E-state index contributed by atoms with van der Waals surface area (Å²) in [6.45, 7) is 6.26. The Morgan fingerprint density at radius 1 is 1.22 bits per heavy atom. The monoisotopic (exact) mass is 378 g/mol. The summed E-state index contributed by atoms with van der Waals surface area (Å²) in [5.41, 5.74) is 4.04. The predicted molar refractivity (Wildman–Crippen MR) is 105 cm³/mol. The zero-order valence-electron chi connectivity index (χ0n) is 15.2. The first-order valence-corrected chi connectivity index (χ1v) is 9.37. The van der Waals surface area contributed by atoms with Crippen molar-refractivity contribution in [3.8, 4) is 11.3 Å². The van der Waals surface area contributed by atoms with E-state index in [4.69, 9.17) is 4.52 Å². The second-order valence-corrected chi connectivity index (χ2v) is 7.79. The summed E-state index contributed by atoms with van der Waals surface area (Å²) in [7, 11) is 0. The number of hydrogen-bond acceptors (Lipinski definition) is 6. The van der Waals surface area contributed by atoms with Crippen molar-refractivity contribution in [2.45, 2.75) is 27.3 Å². The molecule has 4 heterocycles. The van der Waals surface area contributed by atoms with Crippen LogP contribution in [-0.2, 0) is 6.54 Å². The normalized spacial score (nSPS) is 11.1. The van der Waals surface area contributed by atoms with Crippen LogP contribution in [0.3, 0.4) is 0 Å². The van der Waals surface area contributed by atoms with Crippen LogP contribution < -0.4 is 5.32 Å². The molecule has 0 unspecified atom stereocenters. The first kappa shape index (κ1) is 17.4. The van der Waals surface area contributed by atoms with Gasteiger partial charge in [0.15, 0.2) is 0 Å². The molecule has 0 spiro atoms. The Balaban J connectivity index is 1.75. The standard InChI is InChI=1S/C20H18N4O2S/c1-11-8-15(13(3)27-11)17-9-16(18-12(2)24-26-20(18)23-17)19(25)22-10-14-6-4-5-7-21-14/h4-9H,10H2,1-3H3,(H,22,25). The predicted octanol–water partition coefficient (Wildman–Crippen LogP) is 4.20. The molecule has 0 atom stereocenters. The van der Waals surface area contributed by atoms with Crippen molar-refractivity contribution >= 4 is 28.3 Å².